The molecule has 0 aliphatic heterocycles. The molecule has 4 heteroatoms. The molecule has 3 rings (SSSR count). The van der Waals surface area contributed by atoms with Gasteiger partial charge in [0.15, 0.2) is 5.69 Å². The molecule has 0 radical (unpaired) electrons. The van der Waals surface area contributed by atoms with Crippen molar-refractivity contribution in [3.63, 3.8) is 0 Å². The SMILES string of the molecule is Cc1cc(C(=O)O)nc(C2CC3CCC2C3)n1. The van der Waals surface area contributed by atoms with Crippen LogP contribution in [0.4, 0.5) is 0 Å². The summed E-state index contributed by atoms with van der Waals surface area (Å²) in [6.07, 6.45) is 5.02. The number of carboxylic acids is 1. The quantitative estimate of drug-likeness (QED) is 0.850. The van der Waals surface area contributed by atoms with Crippen LogP contribution < -0.4 is 0 Å². The highest BCUT2D eigenvalue weighted by Crippen LogP contribution is 2.52. The summed E-state index contributed by atoms with van der Waals surface area (Å²) in [5.74, 6) is 1.70. The summed E-state index contributed by atoms with van der Waals surface area (Å²) in [6.45, 7) is 1.84. The second-order valence-corrected chi connectivity index (χ2v) is 5.34. The summed E-state index contributed by atoms with van der Waals surface area (Å²) >= 11 is 0. The van der Waals surface area contributed by atoms with Crippen molar-refractivity contribution >= 4 is 5.97 Å². The third-order valence-corrected chi connectivity index (χ3v) is 4.16. The van der Waals surface area contributed by atoms with Crippen LogP contribution in [0.1, 0.15) is 53.6 Å². The number of hydrogen-bond acceptors (Lipinski definition) is 3. The fourth-order valence-electron chi connectivity index (χ4n) is 3.43. The number of hydrogen-bond donors (Lipinski definition) is 1. The largest absolute Gasteiger partial charge is 0.477 e. The van der Waals surface area contributed by atoms with Crippen molar-refractivity contribution in [2.24, 2.45) is 11.8 Å². The van der Waals surface area contributed by atoms with Gasteiger partial charge in [-0.2, -0.15) is 0 Å². The number of rotatable bonds is 2. The van der Waals surface area contributed by atoms with E-state index in [0.717, 1.165) is 23.9 Å². The summed E-state index contributed by atoms with van der Waals surface area (Å²) in [5.41, 5.74) is 0.894. The minimum Gasteiger partial charge on any atom is -0.477 e. The Labute approximate surface area is 100 Å². The average Bonchev–Trinajstić information content (AvgIpc) is 2.89. The Balaban J connectivity index is 1.95. The number of carboxylic acid groups (broad SMARTS) is 1. The van der Waals surface area contributed by atoms with Gasteiger partial charge in [-0.1, -0.05) is 6.42 Å². The van der Waals surface area contributed by atoms with Gasteiger partial charge < -0.3 is 5.11 Å². The molecular formula is C13H16N2O2. The molecule has 0 aromatic carbocycles. The van der Waals surface area contributed by atoms with E-state index in [1.54, 1.807) is 6.07 Å². The van der Waals surface area contributed by atoms with E-state index in [1.807, 2.05) is 6.92 Å². The highest BCUT2D eigenvalue weighted by atomic mass is 16.4. The molecule has 1 heterocycles. The van der Waals surface area contributed by atoms with Gasteiger partial charge in [-0.15, -0.1) is 0 Å². The third-order valence-electron chi connectivity index (χ3n) is 4.16. The molecule has 0 spiro atoms. The van der Waals surface area contributed by atoms with Crippen LogP contribution in [0.2, 0.25) is 0 Å². The average molecular weight is 232 g/mol. The lowest BCUT2D eigenvalue weighted by molar-refractivity contribution is 0.0689. The van der Waals surface area contributed by atoms with Gasteiger partial charge in [0.25, 0.3) is 0 Å². The van der Waals surface area contributed by atoms with Crippen molar-refractivity contribution in [1.82, 2.24) is 9.97 Å². The van der Waals surface area contributed by atoms with E-state index in [2.05, 4.69) is 9.97 Å². The Morgan fingerprint density at radius 1 is 1.35 bits per heavy atom. The van der Waals surface area contributed by atoms with Crippen LogP contribution >= 0.6 is 0 Å². The summed E-state index contributed by atoms with van der Waals surface area (Å²) in [6, 6.07) is 1.54. The molecule has 1 aromatic heterocycles. The maximum Gasteiger partial charge on any atom is 0.354 e. The molecule has 3 unspecified atom stereocenters. The van der Waals surface area contributed by atoms with Crippen molar-refractivity contribution < 1.29 is 9.90 Å². The van der Waals surface area contributed by atoms with Crippen LogP contribution in [-0.2, 0) is 0 Å². The maximum absolute atomic E-state index is 11.0. The van der Waals surface area contributed by atoms with E-state index in [1.165, 1.54) is 19.3 Å². The van der Waals surface area contributed by atoms with E-state index in [0.29, 0.717) is 11.8 Å². The summed E-state index contributed by atoms with van der Waals surface area (Å²) < 4.78 is 0. The highest BCUT2D eigenvalue weighted by Gasteiger charge is 2.41. The Kier molecular flexibility index (Phi) is 2.38. The number of aromatic carboxylic acids is 1. The molecule has 4 nitrogen and oxygen atoms in total. The Morgan fingerprint density at radius 2 is 2.18 bits per heavy atom. The van der Waals surface area contributed by atoms with E-state index < -0.39 is 5.97 Å². The molecule has 3 atom stereocenters. The predicted molar refractivity (Wildman–Crippen MR) is 61.9 cm³/mol. The number of carbonyl (C=O) groups is 1. The van der Waals surface area contributed by atoms with Gasteiger partial charge in [-0.3, -0.25) is 0 Å². The van der Waals surface area contributed by atoms with Crippen molar-refractivity contribution in [3.05, 3.63) is 23.3 Å². The highest BCUT2D eigenvalue weighted by molar-refractivity contribution is 5.85. The predicted octanol–water partition coefficient (Wildman–Crippen LogP) is 2.39. The fraction of sp³-hybridized carbons (Fsp3) is 0.615. The standard InChI is InChI=1S/C13H16N2O2/c1-7-4-11(13(16)17)15-12(14-7)10-6-8-2-3-9(10)5-8/h4,8-10H,2-3,5-6H2,1H3,(H,16,17). The first kappa shape index (κ1) is 10.7. The lowest BCUT2D eigenvalue weighted by Crippen LogP contribution is -2.15. The second kappa shape index (κ2) is 3.79. The molecule has 2 bridgehead atoms. The molecule has 0 saturated heterocycles. The molecule has 2 aliphatic rings. The van der Waals surface area contributed by atoms with Gasteiger partial charge in [-0.05, 0) is 44.1 Å². The monoisotopic (exact) mass is 232 g/mol. The summed E-state index contributed by atoms with van der Waals surface area (Å²) in [5, 5.41) is 9.02. The molecule has 0 amide bonds. The molecule has 90 valence electrons. The van der Waals surface area contributed by atoms with Crippen LogP contribution in [0.5, 0.6) is 0 Å². The van der Waals surface area contributed by atoms with Crippen molar-refractivity contribution in [2.45, 2.75) is 38.5 Å². The zero-order valence-electron chi connectivity index (χ0n) is 9.89. The molecule has 2 aliphatic carbocycles. The minimum absolute atomic E-state index is 0.135. The van der Waals surface area contributed by atoms with Crippen LogP contribution in [0.25, 0.3) is 0 Å². The molecule has 2 saturated carbocycles. The Morgan fingerprint density at radius 3 is 2.76 bits per heavy atom. The van der Waals surface area contributed by atoms with Crippen molar-refractivity contribution in [1.29, 1.82) is 0 Å². The zero-order chi connectivity index (χ0) is 12.0. The van der Waals surface area contributed by atoms with Gasteiger partial charge in [0.1, 0.15) is 5.82 Å². The molecule has 1 N–H and O–H groups in total. The number of aryl methyl sites for hydroxylation is 1. The van der Waals surface area contributed by atoms with Crippen LogP contribution in [0.3, 0.4) is 0 Å². The lowest BCUT2D eigenvalue weighted by Gasteiger charge is -2.20. The van der Waals surface area contributed by atoms with Crippen LogP contribution in [-0.4, -0.2) is 21.0 Å². The lowest BCUT2D eigenvalue weighted by atomic mass is 9.88. The van der Waals surface area contributed by atoms with Gasteiger partial charge in [0, 0.05) is 11.6 Å². The van der Waals surface area contributed by atoms with Gasteiger partial charge in [0.05, 0.1) is 0 Å². The molecule has 2 fully saturated rings. The van der Waals surface area contributed by atoms with Crippen molar-refractivity contribution in [2.75, 3.05) is 0 Å². The smallest absolute Gasteiger partial charge is 0.354 e. The van der Waals surface area contributed by atoms with Gasteiger partial charge in [-0.25, -0.2) is 14.8 Å². The first-order valence-electron chi connectivity index (χ1n) is 6.22. The van der Waals surface area contributed by atoms with E-state index in [4.69, 9.17) is 5.11 Å². The van der Waals surface area contributed by atoms with E-state index in [-0.39, 0.29) is 5.69 Å². The minimum atomic E-state index is -0.958. The topological polar surface area (TPSA) is 63.1 Å². The molecule has 1 aromatic rings. The fourth-order valence-corrected chi connectivity index (χ4v) is 3.43. The van der Waals surface area contributed by atoms with Crippen LogP contribution in [0.15, 0.2) is 6.07 Å². The second-order valence-electron chi connectivity index (χ2n) is 5.34. The van der Waals surface area contributed by atoms with Gasteiger partial charge >= 0.3 is 5.97 Å². The summed E-state index contributed by atoms with van der Waals surface area (Å²) in [7, 11) is 0. The summed E-state index contributed by atoms with van der Waals surface area (Å²) in [4.78, 5) is 19.7. The molecular weight excluding hydrogens is 216 g/mol. The third kappa shape index (κ3) is 1.81. The number of fused-ring (bicyclic) bond motifs is 2. The first-order chi connectivity index (χ1) is 8.13. The normalized spacial score (nSPS) is 30.8. The Bertz CT molecular complexity index is 472. The number of nitrogens with zero attached hydrogens (tertiary/aromatic N) is 2. The molecule has 17 heavy (non-hydrogen) atoms. The van der Waals surface area contributed by atoms with Crippen molar-refractivity contribution in [3.8, 4) is 0 Å². The van der Waals surface area contributed by atoms with Gasteiger partial charge in [0.2, 0.25) is 0 Å². The van der Waals surface area contributed by atoms with E-state index in [9.17, 15) is 4.79 Å². The maximum atomic E-state index is 11.0. The first-order valence-corrected chi connectivity index (χ1v) is 6.22. The Hall–Kier alpha value is -1.45. The van der Waals surface area contributed by atoms with Crippen LogP contribution in [0, 0.1) is 18.8 Å². The number of aromatic nitrogens is 2. The van der Waals surface area contributed by atoms with E-state index >= 15 is 0 Å². The zero-order valence-corrected chi connectivity index (χ0v) is 9.89.